The molecule has 0 saturated heterocycles. The Labute approximate surface area is 180 Å². The second-order valence-electron chi connectivity index (χ2n) is 6.49. The van der Waals surface area contributed by atoms with Crippen LogP contribution in [0.5, 0.6) is 5.75 Å². The van der Waals surface area contributed by atoms with Crippen LogP contribution in [0.15, 0.2) is 23.1 Å². The molecule has 0 bridgehead atoms. The van der Waals surface area contributed by atoms with Gasteiger partial charge in [-0.05, 0) is 26.0 Å². The average Bonchev–Trinajstić information content (AvgIpc) is 3.02. The lowest BCUT2D eigenvalue weighted by molar-refractivity contribution is -0.189. The lowest BCUT2D eigenvalue weighted by Crippen LogP contribution is -2.32. The van der Waals surface area contributed by atoms with E-state index in [1.54, 1.807) is 0 Å². The van der Waals surface area contributed by atoms with Gasteiger partial charge in [0.2, 0.25) is 5.82 Å². The summed E-state index contributed by atoms with van der Waals surface area (Å²) < 4.78 is 72.0. The first-order valence-electron chi connectivity index (χ1n) is 8.72. The first-order chi connectivity index (χ1) is 14.9. The number of nitrogens with zero attached hydrogens (tertiary/aromatic N) is 2. The number of carbonyl (C=O) groups is 1. The summed E-state index contributed by atoms with van der Waals surface area (Å²) in [4.78, 5) is 29.7. The maximum absolute atomic E-state index is 14.8. The van der Waals surface area contributed by atoms with Gasteiger partial charge >= 0.3 is 6.18 Å². The number of nitrogens with one attached hydrogen (secondary N) is 3. The summed E-state index contributed by atoms with van der Waals surface area (Å²) in [5, 5.41) is 8.39. The second-order valence-corrected chi connectivity index (χ2v) is 6.87. The number of H-pyrrole nitrogens is 2. The highest BCUT2D eigenvalue weighted by atomic mass is 35.5. The quantitative estimate of drug-likeness (QED) is 0.481. The van der Waals surface area contributed by atoms with Crippen LogP contribution in [0.3, 0.4) is 0 Å². The molecule has 3 rings (SSSR count). The van der Waals surface area contributed by atoms with Crippen LogP contribution in [0, 0.1) is 18.6 Å². The molecule has 0 aliphatic carbocycles. The fourth-order valence-electron chi connectivity index (χ4n) is 2.51. The molecule has 0 fully saturated rings. The van der Waals surface area contributed by atoms with Crippen LogP contribution < -0.4 is 15.6 Å². The van der Waals surface area contributed by atoms with Gasteiger partial charge in [0.15, 0.2) is 6.10 Å². The van der Waals surface area contributed by atoms with Crippen molar-refractivity contribution in [3.8, 4) is 17.1 Å². The van der Waals surface area contributed by atoms with Crippen LogP contribution in [0.25, 0.3) is 11.4 Å². The number of hydrogen-bond donors (Lipinski definition) is 3. The van der Waals surface area contributed by atoms with Crippen LogP contribution in [0.1, 0.15) is 23.0 Å². The SMILES string of the molecule is Cc1n[nH]c(Cl)c1NC(=O)c1cc(F)c(-c2ncc(F)c(=O)[nH]2)cc1OC(C)C(F)(F)F. The number of carbonyl (C=O) groups excluding carboxylic acids is 1. The number of benzene rings is 1. The number of aromatic nitrogens is 4. The Morgan fingerprint density at radius 1 is 1.25 bits per heavy atom. The van der Waals surface area contributed by atoms with Crippen molar-refractivity contribution >= 4 is 23.2 Å². The van der Waals surface area contributed by atoms with E-state index in [2.05, 4.69) is 20.5 Å². The van der Waals surface area contributed by atoms with Crippen molar-refractivity contribution in [3.05, 3.63) is 56.7 Å². The van der Waals surface area contributed by atoms with E-state index in [1.807, 2.05) is 4.98 Å². The summed E-state index contributed by atoms with van der Waals surface area (Å²) in [6.45, 7) is 2.17. The zero-order chi connectivity index (χ0) is 23.8. The lowest BCUT2D eigenvalue weighted by Gasteiger charge is -2.20. The molecule has 1 aromatic carbocycles. The van der Waals surface area contributed by atoms with E-state index < -0.39 is 58.1 Å². The molecule has 0 radical (unpaired) electrons. The van der Waals surface area contributed by atoms with E-state index in [0.29, 0.717) is 19.2 Å². The Kier molecular flexibility index (Phi) is 6.21. The fraction of sp³-hybridized carbons (Fsp3) is 0.222. The minimum atomic E-state index is -4.81. The van der Waals surface area contributed by atoms with Gasteiger partial charge in [0, 0.05) is 0 Å². The highest BCUT2D eigenvalue weighted by Crippen LogP contribution is 2.33. The Balaban J connectivity index is 2.10. The van der Waals surface area contributed by atoms with Crippen molar-refractivity contribution in [2.75, 3.05) is 5.32 Å². The van der Waals surface area contributed by atoms with Crippen molar-refractivity contribution in [1.82, 2.24) is 20.2 Å². The first-order valence-corrected chi connectivity index (χ1v) is 9.10. The minimum Gasteiger partial charge on any atom is -0.480 e. The Bertz CT molecular complexity index is 1220. The van der Waals surface area contributed by atoms with Gasteiger partial charge in [-0.15, -0.1) is 0 Å². The number of amides is 1. The van der Waals surface area contributed by atoms with E-state index in [1.165, 1.54) is 6.92 Å². The number of rotatable bonds is 5. The van der Waals surface area contributed by atoms with Gasteiger partial charge in [-0.3, -0.25) is 14.7 Å². The highest BCUT2D eigenvalue weighted by molar-refractivity contribution is 6.33. The van der Waals surface area contributed by atoms with Crippen molar-refractivity contribution in [2.45, 2.75) is 26.1 Å². The van der Waals surface area contributed by atoms with E-state index in [9.17, 15) is 31.5 Å². The van der Waals surface area contributed by atoms with Gasteiger partial charge in [0.25, 0.3) is 11.5 Å². The maximum Gasteiger partial charge on any atom is 0.425 e. The number of alkyl halides is 3. The number of halogens is 6. The molecule has 0 spiro atoms. The molecule has 3 N–H and O–H groups in total. The number of anilines is 1. The van der Waals surface area contributed by atoms with E-state index in [4.69, 9.17) is 16.3 Å². The number of hydrogen-bond acceptors (Lipinski definition) is 5. The molecule has 0 saturated carbocycles. The topological polar surface area (TPSA) is 113 Å². The number of aromatic amines is 2. The van der Waals surface area contributed by atoms with Crippen molar-refractivity contribution < 1.29 is 31.5 Å². The molecular weight excluding hydrogens is 465 g/mol. The summed E-state index contributed by atoms with van der Waals surface area (Å²) in [5.74, 6) is -4.61. The summed E-state index contributed by atoms with van der Waals surface area (Å²) in [6, 6.07) is 1.34. The van der Waals surface area contributed by atoms with Gasteiger partial charge in [-0.2, -0.15) is 22.7 Å². The van der Waals surface area contributed by atoms with Crippen LogP contribution in [0.2, 0.25) is 5.15 Å². The standard InChI is InChI=1S/C18H13ClF5N5O3/c1-6-13(14(19)29-28-6)26-16(30)9-3-10(20)8(15-25-5-11(21)17(31)27-15)4-12(9)32-7(2)18(22,23)24/h3-5,7H,1-2H3,(H,26,30)(H,28,29)(H,25,27,31). The third-order valence-corrected chi connectivity index (χ3v) is 4.50. The molecule has 2 aromatic heterocycles. The molecule has 14 heteroatoms. The van der Waals surface area contributed by atoms with Crippen LogP contribution in [-0.2, 0) is 0 Å². The van der Waals surface area contributed by atoms with Gasteiger partial charge in [-0.25, -0.2) is 9.37 Å². The van der Waals surface area contributed by atoms with Gasteiger partial charge in [0.1, 0.15) is 28.2 Å². The zero-order valence-electron chi connectivity index (χ0n) is 16.2. The largest absolute Gasteiger partial charge is 0.480 e. The van der Waals surface area contributed by atoms with Crippen LogP contribution in [-0.4, -0.2) is 38.4 Å². The van der Waals surface area contributed by atoms with Crippen LogP contribution in [0.4, 0.5) is 27.6 Å². The predicted molar refractivity (Wildman–Crippen MR) is 103 cm³/mol. The molecule has 1 amide bonds. The summed E-state index contributed by atoms with van der Waals surface area (Å²) in [6.07, 6.45) is -6.68. The average molecular weight is 478 g/mol. The number of ether oxygens (including phenoxy) is 1. The Hall–Kier alpha value is -3.48. The van der Waals surface area contributed by atoms with Crippen molar-refractivity contribution in [2.24, 2.45) is 0 Å². The van der Waals surface area contributed by atoms with Crippen molar-refractivity contribution in [3.63, 3.8) is 0 Å². The molecule has 0 aliphatic rings. The van der Waals surface area contributed by atoms with E-state index >= 15 is 0 Å². The molecule has 2 heterocycles. The smallest absolute Gasteiger partial charge is 0.425 e. The molecule has 3 aromatic rings. The molecule has 0 aliphatic heterocycles. The Morgan fingerprint density at radius 3 is 2.50 bits per heavy atom. The molecule has 1 unspecified atom stereocenters. The predicted octanol–water partition coefficient (Wildman–Crippen LogP) is 3.98. The van der Waals surface area contributed by atoms with Gasteiger partial charge < -0.3 is 15.0 Å². The number of aryl methyl sites for hydroxylation is 1. The maximum atomic E-state index is 14.8. The zero-order valence-corrected chi connectivity index (χ0v) is 17.0. The molecule has 1 atom stereocenters. The summed E-state index contributed by atoms with van der Waals surface area (Å²) in [7, 11) is 0. The van der Waals surface area contributed by atoms with E-state index in [-0.39, 0.29) is 16.5 Å². The molecular formula is C18H13ClF5N5O3. The Morgan fingerprint density at radius 2 is 1.94 bits per heavy atom. The molecule has 32 heavy (non-hydrogen) atoms. The third kappa shape index (κ3) is 4.72. The first kappa shape index (κ1) is 23.2. The third-order valence-electron chi connectivity index (χ3n) is 4.23. The molecule has 170 valence electrons. The summed E-state index contributed by atoms with van der Waals surface area (Å²) >= 11 is 5.87. The van der Waals surface area contributed by atoms with Gasteiger partial charge in [0.05, 0.1) is 23.0 Å². The monoisotopic (exact) mass is 477 g/mol. The van der Waals surface area contributed by atoms with E-state index in [0.717, 1.165) is 6.07 Å². The van der Waals surface area contributed by atoms with Crippen molar-refractivity contribution in [1.29, 1.82) is 0 Å². The lowest BCUT2D eigenvalue weighted by atomic mass is 10.1. The molecule has 8 nitrogen and oxygen atoms in total. The highest BCUT2D eigenvalue weighted by Gasteiger charge is 2.39. The summed E-state index contributed by atoms with van der Waals surface area (Å²) in [5.41, 5.74) is -2.07. The van der Waals surface area contributed by atoms with Crippen LogP contribution >= 0.6 is 11.6 Å². The van der Waals surface area contributed by atoms with Gasteiger partial charge in [-0.1, -0.05) is 11.6 Å². The second kappa shape index (κ2) is 8.57. The normalized spacial score (nSPS) is 12.5. The fourth-order valence-corrected chi connectivity index (χ4v) is 2.74. The minimum absolute atomic E-state index is 0.0282.